The summed E-state index contributed by atoms with van der Waals surface area (Å²) in [6.07, 6.45) is 6.37. The summed E-state index contributed by atoms with van der Waals surface area (Å²) in [5, 5.41) is 0. The number of hydrogen-bond donors (Lipinski definition) is 0. The number of hydrogen-bond acceptors (Lipinski definition) is 3. The molecule has 0 aromatic carbocycles. The lowest BCUT2D eigenvalue weighted by Gasteiger charge is -1.93. The molecule has 0 atom stereocenters. The second-order valence-corrected chi connectivity index (χ2v) is 4.01. The number of aromatic nitrogens is 2. The minimum absolute atomic E-state index is 0.192. The Labute approximate surface area is 91.1 Å². The Hall–Kier alpha value is -1.55. The van der Waals surface area contributed by atoms with E-state index in [1.54, 1.807) is 25.4 Å². The molecular formula is C11H9FN2S. The molecule has 2 nitrogen and oxygen atoms in total. The van der Waals surface area contributed by atoms with Gasteiger partial charge >= 0.3 is 0 Å². The predicted octanol–water partition coefficient (Wildman–Crippen LogP) is 3.54. The van der Waals surface area contributed by atoms with E-state index in [2.05, 4.69) is 9.97 Å². The smallest absolute Gasteiger partial charge is 0.136 e. The zero-order chi connectivity index (χ0) is 10.7. The van der Waals surface area contributed by atoms with Gasteiger partial charge in [0.15, 0.2) is 0 Å². The van der Waals surface area contributed by atoms with Crippen LogP contribution in [0.3, 0.4) is 0 Å². The van der Waals surface area contributed by atoms with Gasteiger partial charge in [0.25, 0.3) is 0 Å². The lowest BCUT2D eigenvalue weighted by molar-refractivity contribution is 0.762. The zero-order valence-electron chi connectivity index (χ0n) is 8.14. The summed E-state index contributed by atoms with van der Waals surface area (Å²) in [5.74, 6) is -0.192. The molecule has 2 heterocycles. The van der Waals surface area contributed by atoms with Crippen LogP contribution in [-0.4, -0.2) is 9.97 Å². The van der Waals surface area contributed by atoms with Gasteiger partial charge in [-0.3, -0.25) is 0 Å². The number of halogens is 1. The number of nitrogens with zero attached hydrogens (tertiary/aromatic N) is 2. The monoisotopic (exact) mass is 220 g/mol. The molecule has 0 radical (unpaired) electrons. The van der Waals surface area contributed by atoms with Gasteiger partial charge in [-0.1, -0.05) is 6.08 Å². The van der Waals surface area contributed by atoms with Crippen molar-refractivity contribution >= 4 is 17.2 Å². The fourth-order valence-electron chi connectivity index (χ4n) is 1.19. The van der Waals surface area contributed by atoms with Crippen LogP contribution in [0.4, 0.5) is 4.39 Å². The topological polar surface area (TPSA) is 25.8 Å². The Morgan fingerprint density at radius 2 is 2.07 bits per heavy atom. The Balaban J connectivity index is 2.36. The van der Waals surface area contributed by atoms with Crippen LogP contribution in [0.1, 0.15) is 11.8 Å². The van der Waals surface area contributed by atoms with E-state index >= 15 is 0 Å². The molecule has 15 heavy (non-hydrogen) atoms. The number of thiophene rings is 1. The van der Waals surface area contributed by atoms with Crippen molar-refractivity contribution in [1.29, 1.82) is 0 Å². The molecule has 2 aromatic heterocycles. The molecule has 0 N–H and O–H groups in total. The third kappa shape index (κ3) is 2.10. The van der Waals surface area contributed by atoms with Crippen LogP contribution >= 0.6 is 11.3 Å². The molecule has 2 rings (SSSR count). The van der Waals surface area contributed by atoms with E-state index in [0.29, 0.717) is 4.88 Å². The second kappa shape index (κ2) is 4.31. The van der Waals surface area contributed by atoms with Crippen LogP contribution in [-0.2, 0) is 0 Å². The average Bonchev–Trinajstić information content (AvgIpc) is 2.78. The van der Waals surface area contributed by atoms with Gasteiger partial charge in [-0.15, -0.1) is 11.3 Å². The van der Waals surface area contributed by atoms with E-state index in [0.717, 1.165) is 10.4 Å². The van der Waals surface area contributed by atoms with Crippen LogP contribution in [0.25, 0.3) is 16.3 Å². The third-order valence-electron chi connectivity index (χ3n) is 1.94. The van der Waals surface area contributed by atoms with Crippen LogP contribution < -0.4 is 0 Å². The molecule has 0 aliphatic rings. The molecular weight excluding hydrogens is 211 g/mol. The quantitative estimate of drug-likeness (QED) is 0.773. The van der Waals surface area contributed by atoms with Crippen molar-refractivity contribution in [3.05, 3.63) is 41.8 Å². The molecule has 0 saturated heterocycles. The standard InChI is InChI=1S/C11H9FN2S/c1-2-9(12)11-4-3-10(15-11)8-5-13-7-14-6-8/h2-7H,1H3/b9-2-. The van der Waals surface area contributed by atoms with Gasteiger partial charge in [-0.25, -0.2) is 14.4 Å². The summed E-state index contributed by atoms with van der Waals surface area (Å²) in [7, 11) is 0. The van der Waals surface area contributed by atoms with E-state index in [1.165, 1.54) is 23.7 Å². The predicted molar refractivity (Wildman–Crippen MR) is 60.1 cm³/mol. The molecule has 0 spiro atoms. The first-order chi connectivity index (χ1) is 7.31. The molecule has 76 valence electrons. The molecule has 0 unspecified atom stereocenters. The first kappa shape index (κ1) is 9.98. The van der Waals surface area contributed by atoms with Crippen LogP contribution in [0, 0.1) is 0 Å². The second-order valence-electron chi connectivity index (χ2n) is 2.93. The van der Waals surface area contributed by atoms with Gasteiger partial charge in [-0.2, -0.15) is 0 Å². The Bertz CT molecular complexity index is 476. The largest absolute Gasteiger partial charge is 0.244 e. The lowest BCUT2D eigenvalue weighted by Crippen LogP contribution is -1.77. The molecule has 0 aliphatic carbocycles. The molecule has 2 aromatic rings. The summed E-state index contributed by atoms with van der Waals surface area (Å²) in [6, 6.07) is 3.64. The highest BCUT2D eigenvalue weighted by molar-refractivity contribution is 7.16. The van der Waals surface area contributed by atoms with E-state index in [4.69, 9.17) is 0 Å². The number of rotatable bonds is 2. The highest BCUT2D eigenvalue weighted by Crippen LogP contribution is 2.31. The maximum absolute atomic E-state index is 13.2. The summed E-state index contributed by atoms with van der Waals surface area (Å²) < 4.78 is 13.2. The Morgan fingerprint density at radius 3 is 2.73 bits per heavy atom. The fraction of sp³-hybridized carbons (Fsp3) is 0.0909. The van der Waals surface area contributed by atoms with Crippen molar-refractivity contribution in [2.75, 3.05) is 0 Å². The summed E-state index contributed by atoms with van der Waals surface area (Å²) >= 11 is 1.40. The van der Waals surface area contributed by atoms with Crippen molar-refractivity contribution in [2.24, 2.45) is 0 Å². The number of allylic oxidation sites excluding steroid dienone is 1. The van der Waals surface area contributed by atoms with E-state index in [1.807, 2.05) is 6.07 Å². The van der Waals surface area contributed by atoms with Crippen LogP contribution in [0.15, 0.2) is 36.9 Å². The Morgan fingerprint density at radius 1 is 1.33 bits per heavy atom. The molecule has 0 amide bonds. The first-order valence-corrected chi connectivity index (χ1v) is 5.30. The molecule has 0 saturated carbocycles. The van der Waals surface area contributed by atoms with E-state index < -0.39 is 0 Å². The maximum atomic E-state index is 13.2. The van der Waals surface area contributed by atoms with Crippen molar-refractivity contribution in [3.8, 4) is 10.4 Å². The van der Waals surface area contributed by atoms with Crippen LogP contribution in [0.2, 0.25) is 0 Å². The van der Waals surface area contributed by atoms with Gasteiger partial charge in [0.2, 0.25) is 0 Å². The van der Waals surface area contributed by atoms with E-state index in [-0.39, 0.29) is 5.83 Å². The van der Waals surface area contributed by atoms with E-state index in [9.17, 15) is 4.39 Å². The van der Waals surface area contributed by atoms with Crippen molar-refractivity contribution in [3.63, 3.8) is 0 Å². The Kier molecular flexibility index (Phi) is 2.87. The summed E-state index contributed by atoms with van der Waals surface area (Å²) in [4.78, 5) is 9.46. The molecule has 4 heteroatoms. The molecule has 0 fully saturated rings. The van der Waals surface area contributed by atoms with Gasteiger partial charge in [0, 0.05) is 22.8 Å². The van der Waals surface area contributed by atoms with Crippen molar-refractivity contribution in [1.82, 2.24) is 9.97 Å². The fourth-order valence-corrected chi connectivity index (χ4v) is 2.14. The van der Waals surface area contributed by atoms with Crippen LogP contribution in [0.5, 0.6) is 0 Å². The molecule has 0 aliphatic heterocycles. The summed E-state index contributed by atoms with van der Waals surface area (Å²) in [5.41, 5.74) is 0.914. The maximum Gasteiger partial charge on any atom is 0.136 e. The van der Waals surface area contributed by atoms with Gasteiger partial charge in [0.1, 0.15) is 12.2 Å². The highest BCUT2D eigenvalue weighted by Gasteiger charge is 2.05. The zero-order valence-corrected chi connectivity index (χ0v) is 8.96. The first-order valence-electron chi connectivity index (χ1n) is 4.48. The van der Waals surface area contributed by atoms with Gasteiger partial charge in [0.05, 0.1) is 4.88 Å². The molecule has 0 bridgehead atoms. The minimum atomic E-state index is -0.192. The normalized spacial score (nSPS) is 11.7. The van der Waals surface area contributed by atoms with Gasteiger partial charge in [-0.05, 0) is 19.1 Å². The summed E-state index contributed by atoms with van der Waals surface area (Å²) in [6.45, 7) is 1.68. The van der Waals surface area contributed by atoms with Gasteiger partial charge < -0.3 is 0 Å². The minimum Gasteiger partial charge on any atom is -0.244 e. The third-order valence-corrected chi connectivity index (χ3v) is 3.08. The average molecular weight is 220 g/mol. The SMILES string of the molecule is C/C=C(\F)c1ccc(-c2cncnc2)s1. The van der Waals surface area contributed by atoms with Crippen molar-refractivity contribution in [2.45, 2.75) is 6.92 Å². The van der Waals surface area contributed by atoms with Crippen molar-refractivity contribution < 1.29 is 4.39 Å². The highest BCUT2D eigenvalue weighted by atomic mass is 32.1. The lowest BCUT2D eigenvalue weighted by atomic mass is 10.3.